The van der Waals surface area contributed by atoms with Crippen LogP contribution in [-0.4, -0.2) is 43.0 Å². The lowest BCUT2D eigenvalue weighted by atomic mass is 10.3. The topological polar surface area (TPSA) is 186 Å². The second-order valence-corrected chi connectivity index (χ2v) is 11.9. The van der Waals surface area contributed by atoms with Crippen LogP contribution in [0.5, 0.6) is 0 Å². The first-order chi connectivity index (χ1) is 17.1. The molecule has 4 rings (SSSR count). The number of carbonyl (C=O) groups excluding carboxylic acids is 1. The Labute approximate surface area is 219 Å². The number of rotatable bonds is 8. The van der Waals surface area contributed by atoms with Crippen LogP contribution in [0.1, 0.15) is 0 Å². The van der Waals surface area contributed by atoms with Crippen molar-refractivity contribution in [3.05, 3.63) is 66.4 Å². The SMILES string of the molecule is Nc1ccc(S(=O)(=O)Nc2nccs2)cc1.O=C(CCl)Nc1ccc(S(=O)(=O)Nc2ncns2)cc1. The van der Waals surface area contributed by atoms with Gasteiger partial charge in [-0.25, -0.2) is 26.8 Å². The van der Waals surface area contributed by atoms with Crippen molar-refractivity contribution in [2.24, 2.45) is 0 Å². The fourth-order valence-electron chi connectivity index (χ4n) is 2.40. The van der Waals surface area contributed by atoms with Crippen molar-refractivity contribution in [1.82, 2.24) is 14.3 Å². The summed E-state index contributed by atoms with van der Waals surface area (Å²) in [6.45, 7) is 0. The molecule has 2 aromatic heterocycles. The highest BCUT2D eigenvalue weighted by Gasteiger charge is 2.16. The van der Waals surface area contributed by atoms with E-state index in [1.807, 2.05) is 0 Å². The van der Waals surface area contributed by atoms with Gasteiger partial charge in [-0.3, -0.25) is 14.2 Å². The van der Waals surface area contributed by atoms with E-state index in [2.05, 4.69) is 29.1 Å². The predicted molar refractivity (Wildman–Crippen MR) is 140 cm³/mol. The Bertz CT molecular complexity index is 1480. The summed E-state index contributed by atoms with van der Waals surface area (Å²) < 4.78 is 56.0. The summed E-state index contributed by atoms with van der Waals surface area (Å²) in [5.74, 6) is -0.534. The van der Waals surface area contributed by atoms with Crippen molar-refractivity contribution >= 4 is 82.1 Å². The molecule has 1 amide bonds. The van der Waals surface area contributed by atoms with E-state index in [0.717, 1.165) is 11.5 Å². The number of nitrogens with two attached hydrogens (primary N) is 1. The van der Waals surface area contributed by atoms with E-state index in [1.165, 1.54) is 72.4 Å². The van der Waals surface area contributed by atoms with Gasteiger partial charge in [-0.2, -0.15) is 4.37 Å². The van der Waals surface area contributed by atoms with Crippen LogP contribution < -0.4 is 20.5 Å². The highest BCUT2D eigenvalue weighted by atomic mass is 35.5. The Morgan fingerprint density at radius 1 is 0.889 bits per heavy atom. The number of thiazole rings is 1. The lowest BCUT2D eigenvalue weighted by Crippen LogP contribution is -2.14. The fraction of sp³-hybridized carbons (Fsp3) is 0.0526. The standard InChI is InChI=1S/C10H9ClN4O3S2.C9H9N3O2S2/c11-5-9(16)14-7-1-3-8(4-2-7)20(17,18)15-10-12-6-13-19-10;10-7-1-3-8(4-2-7)16(13,14)12-9-11-5-6-15-9/h1-4,6H,5H2,(H,14,16)(H,12,13,15);1-6H,10H2,(H,11,12). The van der Waals surface area contributed by atoms with Crippen LogP contribution >= 0.6 is 34.5 Å². The zero-order chi connectivity index (χ0) is 26.2. The van der Waals surface area contributed by atoms with Crippen molar-refractivity contribution in [2.45, 2.75) is 9.79 Å². The fourth-order valence-corrected chi connectivity index (χ4v) is 5.92. The van der Waals surface area contributed by atoms with Gasteiger partial charge in [0.1, 0.15) is 12.2 Å². The van der Waals surface area contributed by atoms with Crippen LogP contribution in [0, 0.1) is 0 Å². The zero-order valence-corrected chi connectivity index (χ0v) is 22.1. The Morgan fingerprint density at radius 2 is 1.47 bits per heavy atom. The third kappa shape index (κ3) is 7.85. The molecule has 0 saturated heterocycles. The van der Waals surface area contributed by atoms with E-state index in [4.69, 9.17) is 17.3 Å². The molecule has 0 radical (unpaired) electrons. The minimum atomic E-state index is -3.71. The number of carbonyl (C=O) groups is 1. The largest absolute Gasteiger partial charge is 0.399 e. The highest BCUT2D eigenvalue weighted by Crippen LogP contribution is 2.19. The summed E-state index contributed by atoms with van der Waals surface area (Å²) in [7, 11) is -7.27. The molecule has 0 unspecified atom stereocenters. The molecule has 0 spiro atoms. The molecule has 0 fully saturated rings. The maximum Gasteiger partial charge on any atom is 0.263 e. The summed E-state index contributed by atoms with van der Waals surface area (Å²) in [6.07, 6.45) is 2.79. The molecular formula is C19H18ClN7O5S4. The first kappa shape index (κ1) is 27.3. The van der Waals surface area contributed by atoms with E-state index < -0.39 is 20.0 Å². The van der Waals surface area contributed by atoms with Gasteiger partial charge >= 0.3 is 0 Å². The summed E-state index contributed by atoms with van der Waals surface area (Å²) >= 11 is 7.51. The summed E-state index contributed by atoms with van der Waals surface area (Å²) in [5.41, 5.74) is 6.47. The number of hydrogen-bond acceptors (Lipinski definition) is 11. The first-order valence-electron chi connectivity index (χ1n) is 9.62. The van der Waals surface area contributed by atoms with Crippen molar-refractivity contribution in [1.29, 1.82) is 0 Å². The van der Waals surface area contributed by atoms with E-state index in [-0.39, 0.29) is 26.7 Å². The lowest BCUT2D eigenvalue weighted by Gasteiger charge is -2.06. The van der Waals surface area contributed by atoms with E-state index in [9.17, 15) is 21.6 Å². The van der Waals surface area contributed by atoms with Crippen LogP contribution in [0.25, 0.3) is 0 Å². The lowest BCUT2D eigenvalue weighted by molar-refractivity contribution is -0.113. The van der Waals surface area contributed by atoms with Crippen LogP contribution in [0.15, 0.2) is 76.2 Å². The van der Waals surface area contributed by atoms with Crippen LogP contribution in [-0.2, 0) is 24.8 Å². The highest BCUT2D eigenvalue weighted by molar-refractivity contribution is 7.93. The van der Waals surface area contributed by atoms with Crippen molar-refractivity contribution in [3.63, 3.8) is 0 Å². The Kier molecular flexibility index (Phi) is 9.16. The molecule has 0 aliphatic heterocycles. The third-order valence-electron chi connectivity index (χ3n) is 4.00. The maximum atomic E-state index is 12.0. The van der Waals surface area contributed by atoms with Gasteiger partial charge in [0.2, 0.25) is 11.0 Å². The van der Waals surface area contributed by atoms with Gasteiger partial charge in [-0.1, -0.05) is 0 Å². The van der Waals surface area contributed by atoms with Gasteiger partial charge in [-0.15, -0.1) is 22.9 Å². The van der Waals surface area contributed by atoms with Crippen LogP contribution in [0.4, 0.5) is 21.6 Å². The quantitative estimate of drug-likeness (QED) is 0.177. The van der Waals surface area contributed by atoms with Gasteiger partial charge in [0, 0.05) is 34.5 Å². The molecule has 2 heterocycles. The number of aromatic nitrogens is 3. The normalized spacial score (nSPS) is 11.1. The summed E-state index contributed by atoms with van der Waals surface area (Å²) in [4.78, 5) is 18.9. The van der Waals surface area contributed by atoms with E-state index in [1.54, 1.807) is 5.38 Å². The molecule has 4 aromatic rings. The molecule has 0 atom stereocenters. The van der Waals surface area contributed by atoms with Gasteiger partial charge < -0.3 is 11.1 Å². The van der Waals surface area contributed by atoms with Crippen molar-refractivity contribution in [2.75, 3.05) is 26.4 Å². The molecule has 0 saturated carbocycles. The number of sulfonamides is 2. The van der Waals surface area contributed by atoms with Gasteiger partial charge in [0.25, 0.3) is 20.0 Å². The van der Waals surface area contributed by atoms with Crippen LogP contribution in [0.3, 0.4) is 0 Å². The molecule has 36 heavy (non-hydrogen) atoms. The monoisotopic (exact) mass is 587 g/mol. The number of nitrogens with zero attached hydrogens (tertiary/aromatic N) is 3. The first-order valence-corrected chi connectivity index (χ1v) is 14.8. The molecule has 2 aromatic carbocycles. The molecular weight excluding hydrogens is 570 g/mol. The van der Waals surface area contributed by atoms with Gasteiger partial charge in [0.15, 0.2) is 5.13 Å². The predicted octanol–water partition coefficient (Wildman–Crippen LogP) is 3.04. The average Bonchev–Trinajstić information content (AvgIpc) is 3.54. The summed E-state index contributed by atoms with van der Waals surface area (Å²) in [5, 5.41) is 4.73. The maximum absolute atomic E-state index is 12.0. The van der Waals surface area contributed by atoms with Crippen LogP contribution in [0.2, 0.25) is 0 Å². The average molecular weight is 588 g/mol. The van der Waals surface area contributed by atoms with E-state index >= 15 is 0 Å². The number of halogens is 1. The Hall–Kier alpha value is -3.31. The molecule has 0 aliphatic carbocycles. The number of alkyl halides is 1. The smallest absolute Gasteiger partial charge is 0.263 e. The molecule has 5 N–H and O–H groups in total. The minimum Gasteiger partial charge on any atom is -0.399 e. The molecule has 12 nitrogen and oxygen atoms in total. The van der Waals surface area contributed by atoms with Crippen molar-refractivity contribution in [3.8, 4) is 0 Å². The van der Waals surface area contributed by atoms with E-state index in [0.29, 0.717) is 16.5 Å². The number of amides is 1. The summed E-state index contributed by atoms with van der Waals surface area (Å²) in [6, 6.07) is 11.7. The number of hydrogen-bond donors (Lipinski definition) is 4. The third-order valence-corrected chi connectivity index (χ3v) is 8.48. The second kappa shape index (κ2) is 12.1. The number of nitrogen functional groups attached to an aromatic ring is 1. The molecule has 190 valence electrons. The Morgan fingerprint density at radius 3 is 1.97 bits per heavy atom. The number of benzene rings is 2. The van der Waals surface area contributed by atoms with Gasteiger partial charge in [0.05, 0.1) is 9.79 Å². The zero-order valence-electron chi connectivity index (χ0n) is 18.0. The number of nitrogens with one attached hydrogen (secondary N) is 3. The number of anilines is 4. The van der Waals surface area contributed by atoms with Gasteiger partial charge in [-0.05, 0) is 48.5 Å². The molecule has 17 heteroatoms. The molecule has 0 aliphatic rings. The Balaban J connectivity index is 0.000000205. The second-order valence-electron chi connectivity index (χ2n) is 6.57. The minimum absolute atomic E-state index is 0.0524. The molecule has 0 bridgehead atoms. The van der Waals surface area contributed by atoms with Crippen molar-refractivity contribution < 1.29 is 21.6 Å².